The Hall–Kier alpha value is -3.52. The van der Waals surface area contributed by atoms with Gasteiger partial charge in [-0.2, -0.15) is 5.01 Å². The van der Waals surface area contributed by atoms with E-state index in [1.54, 1.807) is 30.3 Å². The number of carboxylic acids is 1. The second-order valence-corrected chi connectivity index (χ2v) is 7.07. The Bertz CT molecular complexity index is 1120. The monoisotopic (exact) mass is 408 g/mol. The number of aromatic carboxylic acids is 1. The Balaban J connectivity index is 2.17. The standard InChI is InChI=1S/C22H24N4O4/c1-4-6-18-16(5-2)20-17(21(27)25(3)24-30)11-23-12-19(20)26(18)13-14-7-9-15(10-8-14)22(28)29/h4-10,17,23H,1,11-13H2,2-3H3,(H,28,29)/b16-5+,18-6+. The van der Waals surface area contributed by atoms with Crippen molar-refractivity contribution in [1.29, 1.82) is 0 Å². The number of hydrogen-bond donors (Lipinski definition) is 2. The molecule has 1 unspecified atom stereocenters. The molecule has 0 fully saturated rings. The highest BCUT2D eigenvalue weighted by Crippen LogP contribution is 2.23. The lowest BCUT2D eigenvalue weighted by Crippen LogP contribution is -2.40. The summed E-state index contributed by atoms with van der Waals surface area (Å²) in [6, 6.07) is 6.72. The lowest BCUT2D eigenvalue weighted by atomic mass is 9.93. The van der Waals surface area contributed by atoms with Gasteiger partial charge < -0.3 is 15.0 Å². The molecule has 0 bridgehead atoms. The van der Waals surface area contributed by atoms with Gasteiger partial charge in [0.1, 0.15) is 0 Å². The van der Waals surface area contributed by atoms with Crippen LogP contribution in [-0.4, -0.2) is 40.2 Å². The van der Waals surface area contributed by atoms with Gasteiger partial charge in [-0.05, 0) is 41.5 Å². The van der Waals surface area contributed by atoms with Crippen LogP contribution in [0.2, 0.25) is 0 Å². The van der Waals surface area contributed by atoms with E-state index >= 15 is 0 Å². The third kappa shape index (κ3) is 3.81. The van der Waals surface area contributed by atoms with Crippen molar-refractivity contribution in [3.05, 3.63) is 74.8 Å². The first-order valence-electron chi connectivity index (χ1n) is 9.57. The van der Waals surface area contributed by atoms with Gasteiger partial charge in [-0.25, -0.2) is 4.79 Å². The van der Waals surface area contributed by atoms with Gasteiger partial charge in [0.2, 0.25) is 0 Å². The predicted molar refractivity (Wildman–Crippen MR) is 114 cm³/mol. The fraction of sp³-hybridized carbons (Fsp3) is 0.273. The number of carbonyl (C=O) groups excluding carboxylic acids is 1. The number of hydrogen-bond acceptors (Lipinski definition) is 5. The predicted octanol–water partition coefficient (Wildman–Crippen LogP) is 1.33. The zero-order valence-electron chi connectivity index (χ0n) is 17.0. The smallest absolute Gasteiger partial charge is 0.335 e. The number of allylic oxidation sites excluding steroid dienone is 1. The molecular formula is C22H24N4O4. The van der Waals surface area contributed by atoms with Gasteiger partial charge in [0.15, 0.2) is 0 Å². The van der Waals surface area contributed by atoms with E-state index in [4.69, 9.17) is 5.11 Å². The normalized spacial score (nSPS) is 16.8. The lowest BCUT2D eigenvalue weighted by Gasteiger charge is -2.25. The van der Waals surface area contributed by atoms with Crippen LogP contribution in [0, 0.1) is 4.91 Å². The zero-order valence-corrected chi connectivity index (χ0v) is 17.0. The van der Waals surface area contributed by atoms with Crippen LogP contribution >= 0.6 is 0 Å². The number of likely N-dealkylation sites (N-methyl/N-ethyl adjacent to an activating group) is 1. The molecule has 3 rings (SSSR count). The Morgan fingerprint density at radius 3 is 2.63 bits per heavy atom. The van der Waals surface area contributed by atoms with Gasteiger partial charge >= 0.3 is 5.97 Å². The lowest BCUT2D eigenvalue weighted by molar-refractivity contribution is -0.131. The molecule has 1 atom stereocenters. The van der Waals surface area contributed by atoms with E-state index in [2.05, 4.69) is 21.7 Å². The molecule has 2 N–H and O–H groups in total. The summed E-state index contributed by atoms with van der Waals surface area (Å²) >= 11 is 0. The van der Waals surface area contributed by atoms with Crippen LogP contribution in [0.15, 0.2) is 42.2 Å². The highest BCUT2D eigenvalue weighted by atomic mass is 16.4. The number of benzene rings is 1. The van der Waals surface area contributed by atoms with E-state index in [9.17, 15) is 14.5 Å². The minimum absolute atomic E-state index is 0.227. The molecule has 1 aliphatic heterocycles. The number of fused-ring (bicyclic) bond motifs is 1. The van der Waals surface area contributed by atoms with Crippen LogP contribution in [0.4, 0.5) is 0 Å². The zero-order chi connectivity index (χ0) is 21.8. The maximum Gasteiger partial charge on any atom is 0.335 e. The van der Waals surface area contributed by atoms with Crippen molar-refractivity contribution in [2.75, 3.05) is 13.6 Å². The molecule has 0 radical (unpaired) electrons. The third-order valence-corrected chi connectivity index (χ3v) is 5.33. The maximum absolute atomic E-state index is 12.8. The molecule has 1 aromatic carbocycles. The van der Waals surface area contributed by atoms with Gasteiger partial charge in [-0.3, -0.25) is 4.79 Å². The number of rotatable bonds is 6. The molecule has 0 spiro atoms. The molecule has 2 heterocycles. The Morgan fingerprint density at radius 1 is 1.37 bits per heavy atom. The summed E-state index contributed by atoms with van der Waals surface area (Å²) in [6.45, 7) is 7.21. The van der Waals surface area contributed by atoms with Crippen molar-refractivity contribution >= 4 is 24.0 Å². The van der Waals surface area contributed by atoms with Crippen molar-refractivity contribution in [1.82, 2.24) is 14.9 Å². The average molecular weight is 408 g/mol. The van der Waals surface area contributed by atoms with E-state index in [1.165, 1.54) is 7.05 Å². The molecule has 2 aromatic rings. The number of carboxylic acid groups (broad SMARTS) is 1. The van der Waals surface area contributed by atoms with E-state index in [-0.39, 0.29) is 11.5 Å². The quantitative estimate of drug-likeness (QED) is 0.554. The number of aromatic nitrogens is 1. The second kappa shape index (κ2) is 8.87. The van der Waals surface area contributed by atoms with Gasteiger partial charge in [0.05, 0.1) is 16.8 Å². The highest BCUT2D eigenvalue weighted by molar-refractivity contribution is 5.87. The van der Waals surface area contributed by atoms with Gasteiger partial charge in [-0.1, -0.05) is 30.9 Å². The van der Waals surface area contributed by atoms with Crippen LogP contribution in [0.5, 0.6) is 0 Å². The summed E-state index contributed by atoms with van der Waals surface area (Å²) in [5, 5.41) is 17.8. The minimum atomic E-state index is -0.970. The molecule has 0 saturated heterocycles. The van der Waals surface area contributed by atoms with E-state index in [1.807, 2.05) is 19.1 Å². The number of nitroso groups, excluding NO2 is 1. The molecule has 0 aliphatic carbocycles. The van der Waals surface area contributed by atoms with Crippen molar-refractivity contribution in [2.45, 2.75) is 25.9 Å². The van der Waals surface area contributed by atoms with Gasteiger partial charge in [-0.15, -0.1) is 4.91 Å². The first-order valence-corrected chi connectivity index (χ1v) is 9.57. The second-order valence-electron chi connectivity index (χ2n) is 7.07. The fourth-order valence-electron chi connectivity index (χ4n) is 3.93. The number of nitrogens with zero attached hydrogens (tertiary/aromatic N) is 3. The number of carbonyl (C=O) groups is 2. The van der Waals surface area contributed by atoms with E-state index in [0.29, 0.717) is 19.6 Å². The molecular weight excluding hydrogens is 384 g/mol. The first kappa shape index (κ1) is 21.2. The van der Waals surface area contributed by atoms with Crippen molar-refractivity contribution in [3.63, 3.8) is 0 Å². The summed E-state index contributed by atoms with van der Waals surface area (Å²) in [5.74, 6) is -1.87. The minimum Gasteiger partial charge on any atom is -0.478 e. The average Bonchev–Trinajstić information content (AvgIpc) is 3.05. The summed E-state index contributed by atoms with van der Waals surface area (Å²) in [6.07, 6.45) is 5.54. The molecule has 8 heteroatoms. The largest absolute Gasteiger partial charge is 0.478 e. The van der Waals surface area contributed by atoms with Gasteiger partial charge in [0, 0.05) is 37.7 Å². The van der Waals surface area contributed by atoms with Crippen LogP contribution < -0.4 is 15.9 Å². The molecule has 30 heavy (non-hydrogen) atoms. The number of amides is 1. The topological polar surface area (TPSA) is 104 Å². The molecule has 156 valence electrons. The van der Waals surface area contributed by atoms with Crippen LogP contribution in [0.25, 0.3) is 12.2 Å². The third-order valence-electron chi connectivity index (χ3n) is 5.33. The SMILES string of the molecule is C=C/C=c1\c(=C/C)c2c(n1Cc1ccc(C(=O)O)cc1)CNCC2C(=O)N(C)N=O. The van der Waals surface area contributed by atoms with Crippen LogP contribution in [0.1, 0.15) is 40.0 Å². The Morgan fingerprint density at radius 2 is 2.07 bits per heavy atom. The van der Waals surface area contributed by atoms with Crippen molar-refractivity contribution < 1.29 is 14.7 Å². The molecule has 0 saturated carbocycles. The fourth-order valence-corrected chi connectivity index (χ4v) is 3.93. The molecule has 1 amide bonds. The van der Waals surface area contributed by atoms with E-state index in [0.717, 1.165) is 32.4 Å². The van der Waals surface area contributed by atoms with Crippen molar-refractivity contribution in [2.24, 2.45) is 5.29 Å². The molecule has 1 aliphatic rings. The molecule has 1 aromatic heterocycles. The Labute approximate surface area is 173 Å². The van der Waals surface area contributed by atoms with Crippen molar-refractivity contribution in [3.8, 4) is 0 Å². The van der Waals surface area contributed by atoms with Gasteiger partial charge in [0.25, 0.3) is 5.91 Å². The highest BCUT2D eigenvalue weighted by Gasteiger charge is 2.33. The first-order chi connectivity index (χ1) is 14.4. The summed E-state index contributed by atoms with van der Waals surface area (Å²) in [7, 11) is 1.36. The van der Waals surface area contributed by atoms with E-state index < -0.39 is 11.9 Å². The summed E-state index contributed by atoms with van der Waals surface area (Å²) in [5.41, 5.74) is 2.99. The summed E-state index contributed by atoms with van der Waals surface area (Å²) in [4.78, 5) is 34.8. The van der Waals surface area contributed by atoms with Crippen LogP contribution in [-0.2, 0) is 17.9 Å². The summed E-state index contributed by atoms with van der Waals surface area (Å²) < 4.78 is 2.10. The maximum atomic E-state index is 12.8. The number of nitrogens with one attached hydrogen (secondary N) is 1. The Kier molecular flexibility index (Phi) is 6.27. The molecule has 8 nitrogen and oxygen atoms in total. The van der Waals surface area contributed by atoms with Crippen LogP contribution in [0.3, 0.4) is 0 Å².